The maximum Gasteiger partial charge on any atom is 0.0998 e. The number of piperidine rings is 1. The van der Waals surface area contributed by atoms with Gasteiger partial charge in [-0.2, -0.15) is 0 Å². The van der Waals surface area contributed by atoms with Crippen molar-refractivity contribution in [1.82, 2.24) is 4.90 Å². The molecule has 0 bridgehead atoms. The molecule has 0 aromatic rings. The van der Waals surface area contributed by atoms with E-state index in [0.717, 1.165) is 12.8 Å². The number of hydrogen-bond donors (Lipinski definition) is 0. The second kappa shape index (κ2) is 3.11. The summed E-state index contributed by atoms with van der Waals surface area (Å²) < 4.78 is 5.68. The third-order valence-electron chi connectivity index (χ3n) is 2.95. The molecule has 0 spiro atoms. The predicted octanol–water partition coefficient (Wildman–Crippen LogP) is 1.61. The fourth-order valence-electron chi connectivity index (χ4n) is 2.29. The minimum Gasteiger partial charge on any atom is -0.361 e. The minimum absolute atomic E-state index is 0.537. The van der Waals surface area contributed by atoms with E-state index < -0.39 is 0 Å². The Morgan fingerprint density at radius 2 is 2.36 bits per heavy atom. The molecule has 2 heteroatoms. The summed E-state index contributed by atoms with van der Waals surface area (Å²) in [6, 6.07) is 0.758. The molecule has 0 amide bonds. The van der Waals surface area contributed by atoms with E-state index in [0.29, 0.717) is 6.10 Å². The average molecular weight is 155 g/mol. The molecule has 11 heavy (non-hydrogen) atoms. The largest absolute Gasteiger partial charge is 0.361 e. The third-order valence-corrected chi connectivity index (χ3v) is 2.95. The number of rotatable bonds is 1. The van der Waals surface area contributed by atoms with E-state index in [1.54, 1.807) is 0 Å². The monoisotopic (exact) mass is 155 g/mol. The SMILES string of the molecule is CC[C@@H]1OCN2CCCC[C@@H]12. The molecule has 2 aliphatic rings. The molecular weight excluding hydrogens is 138 g/mol. The van der Waals surface area contributed by atoms with Gasteiger partial charge in [-0.05, 0) is 19.3 Å². The van der Waals surface area contributed by atoms with E-state index in [2.05, 4.69) is 11.8 Å². The Labute approximate surface area is 68.5 Å². The van der Waals surface area contributed by atoms with E-state index in [1.807, 2.05) is 0 Å². The van der Waals surface area contributed by atoms with Gasteiger partial charge in [0.05, 0.1) is 12.8 Å². The highest BCUT2D eigenvalue weighted by atomic mass is 16.5. The van der Waals surface area contributed by atoms with Gasteiger partial charge in [0.2, 0.25) is 0 Å². The van der Waals surface area contributed by atoms with Crippen LogP contribution in [0.1, 0.15) is 32.6 Å². The fourth-order valence-corrected chi connectivity index (χ4v) is 2.29. The summed E-state index contributed by atoms with van der Waals surface area (Å²) in [5.41, 5.74) is 0. The summed E-state index contributed by atoms with van der Waals surface area (Å²) in [5, 5.41) is 0. The number of nitrogens with zero attached hydrogens (tertiary/aromatic N) is 1. The van der Waals surface area contributed by atoms with Crippen LogP contribution in [0, 0.1) is 0 Å². The zero-order valence-corrected chi connectivity index (χ0v) is 7.25. The molecule has 2 aliphatic heterocycles. The lowest BCUT2D eigenvalue weighted by Crippen LogP contribution is -2.38. The van der Waals surface area contributed by atoms with Gasteiger partial charge < -0.3 is 4.74 Å². The molecule has 0 N–H and O–H groups in total. The number of ether oxygens (including phenoxy) is 1. The minimum atomic E-state index is 0.537. The molecule has 2 nitrogen and oxygen atoms in total. The maximum atomic E-state index is 5.68. The zero-order chi connectivity index (χ0) is 7.68. The van der Waals surface area contributed by atoms with Crippen molar-refractivity contribution >= 4 is 0 Å². The highest BCUT2D eigenvalue weighted by molar-refractivity contribution is 4.86. The van der Waals surface area contributed by atoms with Crippen molar-refractivity contribution in [1.29, 1.82) is 0 Å². The summed E-state index contributed by atoms with van der Waals surface area (Å²) in [5.74, 6) is 0. The first-order chi connectivity index (χ1) is 5.42. The molecule has 2 heterocycles. The van der Waals surface area contributed by atoms with E-state index in [9.17, 15) is 0 Å². The van der Waals surface area contributed by atoms with Crippen LogP contribution in [-0.4, -0.2) is 30.3 Å². The van der Waals surface area contributed by atoms with Crippen LogP contribution in [0.4, 0.5) is 0 Å². The summed E-state index contributed by atoms with van der Waals surface area (Å²) in [7, 11) is 0. The Bertz CT molecular complexity index is 132. The van der Waals surface area contributed by atoms with Gasteiger partial charge in [-0.25, -0.2) is 0 Å². The van der Waals surface area contributed by atoms with Crippen LogP contribution in [0.15, 0.2) is 0 Å². The lowest BCUT2D eigenvalue weighted by Gasteiger charge is -2.29. The van der Waals surface area contributed by atoms with Gasteiger partial charge in [0.25, 0.3) is 0 Å². The van der Waals surface area contributed by atoms with Crippen molar-refractivity contribution in [2.24, 2.45) is 0 Å². The van der Waals surface area contributed by atoms with Crippen LogP contribution in [0.3, 0.4) is 0 Å². The van der Waals surface area contributed by atoms with Crippen LogP contribution in [0.5, 0.6) is 0 Å². The molecule has 2 rings (SSSR count). The van der Waals surface area contributed by atoms with Gasteiger partial charge in [0.1, 0.15) is 0 Å². The van der Waals surface area contributed by atoms with Gasteiger partial charge in [-0.1, -0.05) is 13.3 Å². The number of fused-ring (bicyclic) bond motifs is 1. The topological polar surface area (TPSA) is 12.5 Å². The molecule has 2 saturated heterocycles. The second-order valence-corrected chi connectivity index (χ2v) is 3.62. The first-order valence-corrected chi connectivity index (χ1v) is 4.77. The van der Waals surface area contributed by atoms with Gasteiger partial charge in [0, 0.05) is 12.6 Å². The van der Waals surface area contributed by atoms with Crippen LogP contribution in [-0.2, 0) is 4.74 Å². The Balaban J connectivity index is 1.98. The normalized spacial score (nSPS) is 39.0. The molecular formula is C9H17NO. The lowest BCUT2D eigenvalue weighted by molar-refractivity contribution is 0.0874. The predicted molar refractivity (Wildman–Crippen MR) is 44.4 cm³/mol. The van der Waals surface area contributed by atoms with Crippen LogP contribution < -0.4 is 0 Å². The van der Waals surface area contributed by atoms with Crippen molar-refractivity contribution in [2.45, 2.75) is 44.8 Å². The fraction of sp³-hybridized carbons (Fsp3) is 1.00. The molecule has 0 aliphatic carbocycles. The molecule has 0 unspecified atom stereocenters. The molecule has 0 aromatic carbocycles. The van der Waals surface area contributed by atoms with Crippen LogP contribution in [0.25, 0.3) is 0 Å². The zero-order valence-electron chi connectivity index (χ0n) is 7.25. The summed E-state index contributed by atoms with van der Waals surface area (Å²) in [6.45, 7) is 4.38. The Hall–Kier alpha value is -0.0800. The van der Waals surface area contributed by atoms with Gasteiger partial charge in [-0.3, -0.25) is 4.90 Å². The van der Waals surface area contributed by atoms with Gasteiger partial charge in [-0.15, -0.1) is 0 Å². The molecule has 2 atom stereocenters. The van der Waals surface area contributed by atoms with Crippen LogP contribution >= 0.6 is 0 Å². The molecule has 0 radical (unpaired) electrons. The quantitative estimate of drug-likeness (QED) is 0.570. The summed E-state index contributed by atoms with van der Waals surface area (Å²) in [4.78, 5) is 2.50. The van der Waals surface area contributed by atoms with E-state index in [-0.39, 0.29) is 0 Å². The van der Waals surface area contributed by atoms with Crippen molar-refractivity contribution in [3.8, 4) is 0 Å². The van der Waals surface area contributed by atoms with Crippen molar-refractivity contribution in [3.63, 3.8) is 0 Å². The average Bonchev–Trinajstić information content (AvgIpc) is 2.47. The maximum absolute atomic E-state index is 5.68. The van der Waals surface area contributed by atoms with Gasteiger partial charge in [0.15, 0.2) is 0 Å². The Kier molecular flexibility index (Phi) is 2.14. The number of hydrogen-bond acceptors (Lipinski definition) is 2. The van der Waals surface area contributed by atoms with E-state index >= 15 is 0 Å². The Morgan fingerprint density at radius 3 is 3.18 bits per heavy atom. The smallest absolute Gasteiger partial charge is 0.0998 e. The first kappa shape index (κ1) is 7.56. The second-order valence-electron chi connectivity index (χ2n) is 3.62. The highest BCUT2D eigenvalue weighted by Gasteiger charge is 2.34. The summed E-state index contributed by atoms with van der Waals surface area (Å²) >= 11 is 0. The first-order valence-electron chi connectivity index (χ1n) is 4.77. The highest BCUT2D eigenvalue weighted by Crippen LogP contribution is 2.27. The molecule has 0 aromatic heterocycles. The molecule has 2 fully saturated rings. The van der Waals surface area contributed by atoms with Gasteiger partial charge >= 0.3 is 0 Å². The van der Waals surface area contributed by atoms with Crippen molar-refractivity contribution in [2.75, 3.05) is 13.3 Å². The van der Waals surface area contributed by atoms with E-state index in [4.69, 9.17) is 4.74 Å². The Morgan fingerprint density at radius 1 is 1.45 bits per heavy atom. The molecule has 0 saturated carbocycles. The third kappa shape index (κ3) is 1.30. The lowest BCUT2D eigenvalue weighted by atomic mass is 9.98. The van der Waals surface area contributed by atoms with Crippen LogP contribution in [0.2, 0.25) is 0 Å². The van der Waals surface area contributed by atoms with E-state index in [1.165, 1.54) is 32.2 Å². The van der Waals surface area contributed by atoms with Crippen molar-refractivity contribution in [3.05, 3.63) is 0 Å². The summed E-state index contributed by atoms with van der Waals surface area (Å²) in [6.07, 6.45) is 5.85. The standard InChI is InChI=1S/C9H17NO/c1-2-9-8-5-3-4-6-10(8)7-11-9/h8-9H,2-7H2,1H3/t8-,9-/m0/s1. The molecule has 64 valence electrons. The van der Waals surface area contributed by atoms with Crippen molar-refractivity contribution < 1.29 is 4.74 Å².